The van der Waals surface area contributed by atoms with Crippen LogP contribution in [0.4, 0.5) is 5.13 Å². The molecule has 0 aromatic carbocycles. The number of rotatable bonds is 3. The van der Waals surface area contributed by atoms with Crippen LogP contribution in [0.1, 0.15) is 37.9 Å². The van der Waals surface area contributed by atoms with Gasteiger partial charge in [0.2, 0.25) is 5.13 Å². The molecular weight excluding hydrogens is 210 g/mol. The maximum atomic E-state index is 9.89. The predicted molar refractivity (Wildman–Crippen MR) is 59.3 cm³/mol. The summed E-state index contributed by atoms with van der Waals surface area (Å²) in [7, 11) is 0. The normalized spacial score (nSPS) is 24.0. The Labute approximate surface area is 93.1 Å². The molecule has 1 N–H and O–H groups in total. The molecule has 1 aliphatic carbocycles. The molecule has 15 heavy (non-hydrogen) atoms. The summed E-state index contributed by atoms with van der Waals surface area (Å²) in [6.45, 7) is 3.44. The number of anilines is 1. The van der Waals surface area contributed by atoms with E-state index in [4.69, 9.17) is 0 Å². The van der Waals surface area contributed by atoms with E-state index in [1.54, 1.807) is 0 Å². The first-order chi connectivity index (χ1) is 7.20. The van der Waals surface area contributed by atoms with Crippen molar-refractivity contribution in [2.24, 2.45) is 0 Å². The summed E-state index contributed by atoms with van der Waals surface area (Å²) in [5.41, 5.74) is -0.481. The van der Waals surface area contributed by atoms with Gasteiger partial charge in [-0.15, -0.1) is 0 Å². The van der Waals surface area contributed by atoms with Gasteiger partial charge in [0.1, 0.15) is 5.82 Å². The number of aliphatic hydroxyl groups is 1. The molecule has 2 fully saturated rings. The molecule has 0 radical (unpaired) electrons. The molecule has 3 rings (SSSR count). The largest absolute Gasteiger partial charge is 0.386 e. The summed E-state index contributed by atoms with van der Waals surface area (Å²) in [5, 5.41) is 10.9. The minimum atomic E-state index is -0.481. The first kappa shape index (κ1) is 9.54. The number of hydrogen-bond acceptors (Lipinski definition) is 5. The molecule has 0 atom stereocenters. The Hall–Kier alpha value is -0.680. The molecule has 0 unspecified atom stereocenters. The van der Waals surface area contributed by atoms with E-state index in [0.717, 1.165) is 17.4 Å². The average Bonchev–Trinajstić information content (AvgIpc) is 2.93. The van der Waals surface area contributed by atoms with Crippen LogP contribution < -0.4 is 4.90 Å². The van der Waals surface area contributed by atoms with Gasteiger partial charge in [-0.05, 0) is 19.3 Å². The summed E-state index contributed by atoms with van der Waals surface area (Å²) >= 11 is 1.47. The van der Waals surface area contributed by atoms with Crippen LogP contribution in [0.5, 0.6) is 0 Å². The minimum Gasteiger partial charge on any atom is -0.386 e. The first-order valence-corrected chi connectivity index (χ1v) is 6.28. The summed E-state index contributed by atoms with van der Waals surface area (Å²) in [6.07, 6.45) is 3.31. The van der Waals surface area contributed by atoms with E-state index in [0.29, 0.717) is 19.0 Å². The molecule has 1 aromatic heterocycles. The van der Waals surface area contributed by atoms with E-state index in [-0.39, 0.29) is 0 Å². The average molecular weight is 225 g/mol. The van der Waals surface area contributed by atoms with Gasteiger partial charge in [-0.1, -0.05) is 6.92 Å². The number of aromatic nitrogens is 2. The van der Waals surface area contributed by atoms with E-state index < -0.39 is 5.60 Å². The van der Waals surface area contributed by atoms with Crippen molar-refractivity contribution in [3.8, 4) is 0 Å². The van der Waals surface area contributed by atoms with Crippen molar-refractivity contribution in [2.75, 3.05) is 18.0 Å². The fourth-order valence-corrected chi connectivity index (χ4v) is 2.63. The third-order valence-corrected chi connectivity index (χ3v) is 4.06. The molecular formula is C10H15N3OS. The van der Waals surface area contributed by atoms with Gasteiger partial charge in [0.05, 0.1) is 18.7 Å². The standard InChI is InChI=1S/C10H15N3OS/c1-2-10(14)5-13(6-10)9-11-8(12-15-9)7-3-4-7/h7,14H,2-6H2,1H3. The lowest BCUT2D eigenvalue weighted by Crippen LogP contribution is -2.61. The van der Waals surface area contributed by atoms with Gasteiger partial charge in [-0.2, -0.15) is 4.37 Å². The maximum absolute atomic E-state index is 9.89. The molecule has 1 aliphatic heterocycles. The minimum absolute atomic E-state index is 0.481. The summed E-state index contributed by atoms with van der Waals surface area (Å²) < 4.78 is 4.36. The smallest absolute Gasteiger partial charge is 0.205 e. The Kier molecular flexibility index (Phi) is 2.01. The van der Waals surface area contributed by atoms with Crippen molar-refractivity contribution in [2.45, 2.75) is 37.7 Å². The monoisotopic (exact) mass is 225 g/mol. The van der Waals surface area contributed by atoms with Gasteiger partial charge in [0.15, 0.2) is 0 Å². The lowest BCUT2D eigenvalue weighted by atomic mass is 9.92. The van der Waals surface area contributed by atoms with Crippen LogP contribution in [-0.2, 0) is 0 Å². The quantitative estimate of drug-likeness (QED) is 0.844. The van der Waals surface area contributed by atoms with Crippen molar-refractivity contribution in [1.29, 1.82) is 0 Å². The Morgan fingerprint density at radius 2 is 2.27 bits per heavy atom. The zero-order chi connectivity index (χ0) is 10.5. The van der Waals surface area contributed by atoms with Crippen LogP contribution in [0, 0.1) is 0 Å². The van der Waals surface area contributed by atoms with Crippen molar-refractivity contribution in [3.05, 3.63) is 5.82 Å². The van der Waals surface area contributed by atoms with Gasteiger partial charge in [0, 0.05) is 17.5 Å². The van der Waals surface area contributed by atoms with Crippen LogP contribution in [0.2, 0.25) is 0 Å². The SMILES string of the molecule is CCC1(O)CN(c2nc(C3CC3)ns2)C1. The predicted octanol–water partition coefficient (Wildman–Crippen LogP) is 1.38. The Morgan fingerprint density at radius 1 is 1.53 bits per heavy atom. The van der Waals surface area contributed by atoms with Crippen LogP contribution in [-0.4, -0.2) is 33.2 Å². The molecule has 0 bridgehead atoms. The lowest BCUT2D eigenvalue weighted by Gasteiger charge is -2.45. The third kappa shape index (κ3) is 1.63. The number of hydrogen-bond donors (Lipinski definition) is 1. The topological polar surface area (TPSA) is 49.2 Å². The van der Waals surface area contributed by atoms with Gasteiger partial charge < -0.3 is 10.0 Å². The fourth-order valence-electron chi connectivity index (χ4n) is 1.89. The molecule has 4 nitrogen and oxygen atoms in total. The molecule has 0 spiro atoms. The number of nitrogens with zero attached hydrogens (tertiary/aromatic N) is 3. The highest BCUT2D eigenvalue weighted by atomic mass is 32.1. The lowest BCUT2D eigenvalue weighted by molar-refractivity contribution is 0.00849. The second-order valence-electron chi connectivity index (χ2n) is 4.64. The molecule has 1 aromatic rings. The second-order valence-corrected chi connectivity index (χ2v) is 5.37. The van der Waals surface area contributed by atoms with E-state index in [9.17, 15) is 5.11 Å². The van der Waals surface area contributed by atoms with Crippen molar-refractivity contribution < 1.29 is 5.11 Å². The van der Waals surface area contributed by atoms with Crippen LogP contribution >= 0.6 is 11.5 Å². The molecule has 2 heterocycles. The molecule has 0 amide bonds. The van der Waals surface area contributed by atoms with Crippen LogP contribution in [0.25, 0.3) is 0 Å². The van der Waals surface area contributed by atoms with E-state index in [1.165, 1.54) is 24.4 Å². The number of β-amino-alcohol motifs (C(OH)–C–C–N with tert-alkyl or cyclic N) is 1. The highest BCUT2D eigenvalue weighted by Crippen LogP contribution is 2.40. The van der Waals surface area contributed by atoms with Gasteiger partial charge in [0.25, 0.3) is 0 Å². The second kappa shape index (κ2) is 3.15. The van der Waals surface area contributed by atoms with Gasteiger partial charge in [-0.25, -0.2) is 4.98 Å². The van der Waals surface area contributed by atoms with Crippen molar-refractivity contribution in [3.63, 3.8) is 0 Å². The first-order valence-electron chi connectivity index (χ1n) is 5.51. The maximum Gasteiger partial charge on any atom is 0.205 e. The zero-order valence-corrected chi connectivity index (χ0v) is 9.63. The van der Waals surface area contributed by atoms with Gasteiger partial charge in [-0.3, -0.25) is 0 Å². The molecule has 1 saturated carbocycles. The third-order valence-electron chi connectivity index (χ3n) is 3.27. The Morgan fingerprint density at radius 3 is 2.87 bits per heavy atom. The Balaban J connectivity index is 1.67. The Bertz CT molecular complexity index is 368. The van der Waals surface area contributed by atoms with Crippen molar-refractivity contribution in [1.82, 2.24) is 9.36 Å². The highest BCUT2D eigenvalue weighted by Gasteiger charge is 2.41. The van der Waals surface area contributed by atoms with Crippen LogP contribution in [0.3, 0.4) is 0 Å². The summed E-state index contributed by atoms with van der Waals surface area (Å²) in [5.74, 6) is 1.64. The highest BCUT2D eigenvalue weighted by molar-refractivity contribution is 7.09. The van der Waals surface area contributed by atoms with Crippen LogP contribution in [0.15, 0.2) is 0 Å². The van der Waals surface area contributed by atoms with E-state index in [2.05, 4.69) is 14.3 Å². The van der Waals surface area contributed by atoms with E-state index >= 15 is 0 Å². The van der Waals surface area contributed by atoms with Crippen molar-refractivity contribution >= 4 is 16.7 Å². The summed E-state index contributed by atoms with van der Waals surface area (Å²) in [6, 6.07) is 0. The summed E-state index contributed by atoms with van der Waals surface area (Å²) in [4.78, 5) is 6.63. The fraction of sp³-hybridized carbons (Fsp3) is 0.800. The molecule has 2 aliphatic rings. The molecule has 1 saturated heterocycles. The van der Waals surface area contributed by atoms with Gasteiger partial charge >= 0.3 is 0 Å². The molecule has 82 valence electrons. The van der Waals surface area contributed by atoms with E-state index in [1.807, 2.05) is 6.92 Å². The molecule has 5 heteroatoms. The zero-order valence-electron chi connectivity index (χ0n) is 8.81.